The standard InChI is InChI=1S/C24H35N3O3/c1-17(28)26-10-8-25(9-11-26)15-18-6-7-20-19(14-18)16-27(12-13-30-20)22(29)21-23(2,3)24(21,4)5/h6-7,14,21H,8-13,15-16H2,1-5H3. The van der Waals surface area contributed by atoms with E-state index in [1.54, 1.807) is 6.92 Å². The summed E-state index contributed by atoms with van der Waals surface area (Å²) in [5.74, 6) is 1.38. The molecule has 0 atom stereocenters. The van der Waals surface area contributed by atoms with Crippen molar-refractivity contribution in [1.82, 2.24) is 14.7 Å². The summed E-state index contributed by atoms with van der Waals surface area (Å²) >= 11 is 0. The van der Waals surface area contributed by atoms with E-state index in [-0.39, 0.29) is 28.6 Å². The molecule has 0 N–H and O–H groups in total. The predicted octanol–water partition coefficient (Wildman–Crippen LogP) is 2.75. The average molecular weight is 414 g/mol. The second-order valence-corrected chi connectivity index (χ2v) is 10.2. The van der Waals surface area contributed by atoms with Gasteiger partial charge in [-0.05, 0) is 28.5 Å². The number of hydrogen-bond acceptors (Lipinski definition) is 4. The molecule has 0 spiro atoms. The molecule has 2 aliphatic heterocycles. The SMILES string of the molecule is CC(=O)N1CCN(Cc2ccc3c(c2)CN(C(=O)C2C(C)(C)C2(C)C)CCO3)CC1. The van der Waals surface area contributed by atoms with E-state index in [0.717, 1.165) is 44.0 Å². The minimum Gasteiger partial charge on any atom is -0.491 e. The number of rotatable bonds is 3. The van der Waals surface area contributed by atoms with Gasteiger partial charge in [0.05, 0.1) is 6.54 Å². The zero-order chi connectivity index (χ0) is 21.7. The number of benzene rings is 1. The molecule has 2 fully saturated rings. The van der Waals surface area contributed by atoms with Gasteiger partial charge >= 0.3 is 0 Å². The topological polar surface area (TPSA) is 53.1 Å². The number of piperazine rings is 1. The number of ether oxygens (including phenoxy) is 1. The quantitative estimate of drug-likeness (QED) is 0.765. The predicted molar refractivity (Wildman–Crippen MR) is 116 cm³/mol. The van der Waals surface area contributed by atoms with Crippen molar-refractivity contribution in [2.75, 3.05) is 39.3 Å². The van der Waals surface area contributed by atoms with Crippen LogP contribution in [-0.2, 0) is 22.7 Å². The van der Waals surface area contributed by atoms with Gasteiger partial charge in [0.15, 0.2) is 0 Å². The zero-order valence-corrected chi connectivity index (χ0v) is 19.0. The maximum absolute atomic E-state index is 13.3. The van der Waals surface area contributed by atoms with Crippen LogP contribution in [0.1, 0.15) is 45.7 Å². The smallest absolute Gasteiger partial charge is 0.227 e. The van der Waals surface area contributed by atoms with Crippen LogP contribution in [0.15, 0.2) is 18.2 Å². The van der Waals surface area contributed by atoms with Gasteiger partial charge < -0.3 is 14.5 Å². The van der Waals surface area contributed by atoms with Gasteiger partial charge in [-0.2, -0.15) is 0 Å². The van der Waals surface area contributed by atoms with Crippen LogP contribution < -0.4 is 4.74 Å². The molecule has 30 heavy (non-hydrogen) atoms. The highest BCUT2D eigenvalue weighted by molar-refractivity contribution is 5.84. The summed E-state index contributed by atoms with van der Waals surface area (Å²) in [6.07, 6.45) is 0. The molecule has 1 aromatic carbocycles. The van der Waals surface area contributed by atoms with Gasteiger partial charge in [0, 0.05) is 57.7 Å². The molecule has 0 unspecified atom stereocenters. The van der Waals surface area contributed by atoms with Crippen molar-refractivity contribution >= 4 is 11.8 Å². The third kappa shape index (κ3) is 3.70. The van der Waals surface area contributed by atoms with Crippen LogP contribution in [0.5, 0.6) is 5.75 Å². The van der Waals surface area contributed by atoms with Gasteiger partial charge in [-0.1, -0.05) is 33.8 Å². The van der Waals surface area contributed by atoms with Crippen LogP contribution >= 0.6 is 0 Å². The Balaban J connectivity index is 1.44. The van der Waals surface area contributed by atoms with Crippen molar-refractivity contribution in [3.05, 3.63) is 29.3 Å². The highest BCUT2D eigenvalue weighted by Gasteiger charge is 2.68. The normalized spacial score (nSPS) is 23.4. The van der Waals surface area contributed by atoms with Gasteiger partial charge in [0.1, 0.15) is 12.4 Å². The molecule has 1 saturated heterocycles. The fraction of sp³-hybridized carbons (Fsp3) is 0.667. The molecule has 6 nitrogen and oxygen atoms in total. The number of fused-ring (bicyclic) bond motifs is 1. The molecule has 1 aliphatic carbocycles. The molecule has 3 aliphatic rings. The summed E-state index contributed by atoms with van der Waals surface area (Å²) in [7, 11) is 0. The summed E-state index contributed by atoms with van der Waals surface area (Å²) in [6.45, 7) is 16.4. The molecule has 0 radical (unpaired) electrons. The molecule has 0 bridgehead atoms. The molecule has 1 aromatic rings. The molecule has 2 heterocycles. The first-order chi connectivity index (χ1) is 14.1. The first kappa shape index (κ1) is 21.2. The Morgan fingerprint density at radius 2 is 1.67 bits per heavy atom. The van der Waals surface area contributed by atoms with Gasteiger partial charge in [0.2, 0.25) is 11.8 Å². The van der Waals surface area contributed by atoms with E-state index in [1.165, 1.54) is 5.56 Å². The minimum atomic E-state index is 0.0456. The van der Waals surface area contributed by atoms with E-state index in [2.05, 4.69) is 50.8 Å². The Bertz CT molecular complexity index is 826. The van der Waals surface area contributed by atoms with Crippen molar-refractivity contribution < 1.29 is 14.3 Å². The molecular formula is C24H35N3O3. The van der Waals surface area contributed by atoms with Crippen LogP contribution in [-0.4, -0.2) is 65.8 Å². The largest absolute Gasteiger partial charge is 0.491 e. The third-order valence-electron chi connectivity index (χ3n) is 7.91. The number of hydrogen-bond donors (Lipinski definition) is 0. The lowest BCUT2D eigenvalue weighted by Gasteiger charge is -2.34. The van der Waals surface area contributed by atoms with Crippen molar-refractivity contribution in [3.8, 4) is 5.75 Å². The highest BCUT2D eigenvalue weighted by Crippen LogP contribution is 2.68. The summed E-state index contributed by atoms with van der Waals surface area (Å²) in [5.41, 5.74) is 2.42. The summed E-state index contributed by atoms with van der Waals surface area (Å²) in [4.78, 5) is 31.1. The van der Waals surface area contributed by atoms with Crippen LogP contribution in [0.25, 0.3) is 0 Å². The van der Waals surface area contributed by atoms with Gasteiger partial charge in [-0.15, -0.1) is 0 Å². The number of carbonyl (C=O) groups is 2. The molecule has 6 heteroatoms. The second kappa shape index (κ2) is 7.56. The zero-order valence-electron chi connectivity index (χ0n) is 19.0. The fourth-order valence-electron chi connectivity index (χ4n) is 5.21. The monoisotopic (exact) mass is 413 g/mol. The van der Waals surface area contributed by atoms with Crippen LogP contribution in [0.2, 0.25) is 0 Å². The number of amides is 2. The molecule has 4 rings (SSSR count). The maximum Gasteiger partial charge on any atom is 0.227 e. The number of carbonyl (C=O) groups excluding carboxylic acids is 2. The van der Waals surface area contributed by atoms with E-state index < -0.39 is 0 Å². The Kier molecular flexibility index (Phi) is 5.33. The van der Waals surface area contributed by atoms with Crippen LogP contribution in [0.4, 0.5) is 0 Å². The number of nitrogens with zero attached hydrogens (tertiary/aromatic N) is 3. The Hall–Kier alpha value is -2.08. The molecule has 1 saturated carbocycles. The van der Waals surface area contributed by atoms with Gasteiger partial charge in [0.25, 0.3) is 0 Å². The molecule has 0 aromatic heterocycles. The van der Waals surface area contributed by atoms with E-state index in [9.17, 15) is 9.59 Å². The van der Waals surface area contributed by atoms with E-state index in [4.69, 9.17) is 4.74 Å². The van der Waals surface area contributed by atoms with Gasteiger partial charge in [-0.25, -0.2) is 0 Å². The lowest BCUT2D eigenvalue weighted by atomic mass is 10.0. The molecule has 164 valence electrons. The summed E-state index contributed by atoms with van der Waals surface area (Å²) < 4.78 is 5.97. The van der Waals surface area contributed by atoms with Crippen molar-refractivity contribution in [3.63, 3.8) is 0 Å². The minimum absolute atomic E-state index is 0.0456. The lowest BCUT2D eigenvalue weighted by Crippen LogP contribution is -2.47. The van der Waals surface area contributed by atoms with Crippen molar-refractivity contribution in [2.24, 2.45) is 16.7 Å². The van der Waals surface area contributed by atoms with Crippen molar-refractivity contribution in [2.45, 2.75) is 47.7 Å². The second-order valence-electron chi connectivity index (χ2n) is 10.2. The van der Waals surface area contributed by atoms with Crippen LogP contribution in [0.3, 0.4) is 0 Å². The highest BCUT2D eigenvalue weighted by atomic mass is 16.5. The maximum atomic E-state index is 13.3. The average Bonchev–Trinajstić information content (AvgIpc) is 3.20. The summed E-state index contributed by atoms with van der Waals surface area (Å²) in [6, 6.07) is 6.37. The Morgan fingerprint density at radius 1 is 1.00 bits per heavy atom. The van der Waals surface area contributed by atoms with E-state index in [1.807, 2.05) is 9.80 Å². The van der Waals surface area contributed by atoms with E-state index >= 15 is 0 Å². The molecular weight excluding hydrogens is 378 g/mol. The van der Waals surface area contributed by atoms with E-state index in [0.29, 0.717) is 19.7 Å². The third-order valence-corrected chi connectivity index (χ3v) is 7.91. The summed E-state index contributed by atoms with van der Waals surface area (Å²) in [5, 5.41) is 0. The van der Waals surface area contributed by atoms with Crippen molar-refractivity contribution in [1.29, 1.82) is 0 Å². The molecule has 2 amide bonds. The first-order valence-corrected chi connectivity index (χ1v) is 11.1. The van der Waals surface area contributed by atoms with Gasteiger partial charge in [-0.3, -0.25) is 14.5 Å². The lowest BCUT2D eigenvalue weighted by molar-refractivity contribution is -0.134. The van der Waals surface area contributed by atoms with Crippen LogP contribution in [0, 0.1) is 16.7 Å². The Labute approximate surface area is 180 Å². The first-order valence-electron chi connectivity index (χ1n) is 11.1. The fourth-order valence-corrected chi connectivity index (χ4v) is 5.21. The Morgan fingerprint density at radius 3 is 2.27 bits per heavy atom.